The number of rotatable bonds is 5. The molecule has 0 fully saturated rings. The number of carbonyl (C=O) groups is 1. The van der Waals surface area contributed by atoms with E-state index in [2.05, 4.69) is 15.5 Å². The van der Waals surface area contributed by atoms with Gasteiger partial charge in [0.1, 0.15) is 6.54 Å². The number of hydrogen-bond donors (Lipinski definition) is 1. The SMILES string of the molecule is CC(C)c1noc(-c2ccc(=O)n(CC(=O)Nc3cc(Cl)ccc3Cl)c2)n1. The lowest BCUT2D eigenvalue weighted by Gasteiger charge is -2.09. The third-order valence-electron chi connectivity index (χ3n) is 3.70. The second kappa shape index (κ2) is 7.94. The molecule has 1 aromatic carbocycles. The van der Waals surface area contributed by atoms with Crippen LogP contribution in [0.25, 0.3) is 11.5 Å². The molecule has 2 aromatic heterocycles. The van der Waals surface area contributed by atoms with Gasteiger partial charge < -0.3 is 14.4 Å². The van der Waals surface area contributed by atoms with Crippen molar-refractivity contribution in [3.8, 4) is 11.5 Å². The largest absolute Gasteiger partial charge is 0.334 e. The standard InChI is InChI=1S/C18H16Cl2N4O3/c1-10(2)17-22-18(27-23-17)11-3-6-16(26)24(8-11)9-15(25)21-14-7-12(19)4-5-13(14)20/h3-8,10H,9H2,1-2H3,(H,21,25). The van der Waals surface area contributed by atoms with E-state index in [1.807, 2.05) is 13.8 Å². The zero-order valence-corrected chi connectivity index (χ0v) is 16.1. The first kappa shape index (κ1) is 19.1. The van der Waals surface area contributed by atoms with E-state index in [0.29, 0.717) is 27.1 Å². The van der Waals surface area contributed by atoms with Crippen LogP contribution in [0.3, 0.4) is 0 Å². The third kappa shape index (κ3) is 4.56. The molecule has 0 bridgehead atoms. The molecule has 1 amide bonds. The molecule has 0 aliphatic heterocycles. The summed E-state index contributed by atoms with van der Waals surface area (Å²) in [7, 11) is 0. The predicted molar refractivity (Wildman–Crippen MR) is 103 cm³/mol. The topological polar surface area (TPSA) is 90.0 Å². The van der Waals surface area contributed by atoms with Crippen LogP contribution in [0, 0.1) is 0 Å². The van der Waals surface area contributed by atoms with Gasteiger partial charge in [0.15, 0.2) is 5.82 Å². The normalized spacial score (nSPS) is 11.0. The molecule has 0 saturated carbocycles. The zero-order chi connectivity index (χ0) is 19.6. The summed E-state index contributed by atoms with van der Waals surface area (Å²) in [5.41, 5.74) is 0.578. The number of carbonyl (C=O) groups excluding carboxylic acids is 1. The van der Waals surface area contributed by atoms with E-state index in [0.717, 1.165) is 0 Å². The summed E-state index contributed by atoms with van der Waals surface area (Å²) in [5, 5.41) is 7.32. The van der Waals surface area contributed by atoms with E-state index in [1.54, 1.807) is 18.2 Å². The van der Waals surface area contributed by atoms with Gasteiger partial charge in [-0.25, -0.2) is 0 Å². The van der Waals surface area contributed by atoms with Gasteiger partial charge in [-0.15, -0.1) is 0 Å². The fourth-order valence-electron chi connectivity index (χ4n) is 2.31. The van der Waals surface area contributed by atoms with E-state index < -0.39 is 5.91 Å². The van der Waals surface area contributed by atoms with Crippen LogP contribution in [0.15, 0.2) is 45.8 Å². The van der Waals surface area contributed by atoms with Gasteiger partial charge in [-0.05, 0) is 24.3 Å². The van der Waals surface area contributed by atoms with Crippen molar-refractivity contribution in [2.45, 2.75) is 26.3 Å². The minimum absolute atomic E-state index is 0.113. The van der Waals surface area contributed by atoms with Crippen molar-refractivity contribution in [3.63, 3.8) is 0 Å². The summed E-state index contributed by atoms with van der Waals surface area (Å²) in [6, 6.07) is 7.64. The van der Waals surface area contributed by atoms with Crippen LogP contribution in [0.4, 0.5) is 5.69 Å². The average Bonchev–Trinajstić information content (AvgIpc) is 3.10. The maximum Gasteiger partial charge on any atom is 0.259 e. The molecule has 0 unspecified atom stereocenters. The Hall–Kier alpha value is -2.64. The Bertz CT molecular complexity index is 1040. The number of nitrogens with zero attached hydrogens (tertiary/aromatic N) is 3. The molecule has 0 aliphatic carbocycles. The van der Waals surface area contributed by atoms with Gasteiger partial charge in [0.25, 0.3) is 11.4 Å². The molecule has 27 heavy (non-hydrogen) atoms. The molecule has 2 heterocycles. The number of pyridine rings is 1. The average molecular weight is 407 g/mol. The molecule has 0 radical (unpaired) electrons. The monoisotopic (exact) mass is 406 g/mol. The summed E-state index contributed by atoms with van der Waals surface area (Å²) in [6.07, 6.45) is 1.50. The quantitative estimate of drug-likeness (QED) is 0.691. The fourth-order valence-corrected chi connectivity index (χ4v) is 2.64. The minimum atomic E-state index is -0.424. The minimum Gasteiger partial charge on any atom is -0.334 e. The van der Waals surface area contributed by atoms with Crippen LogP contribution in [0.5, 0.6) is 0 Å². The molecule has 9 heteroatoms. The van der Waals surface area contributed by atoms with Gasteiger partial charge >= 0.3 is 0 Å². The van der Waals surface area contributed by atoms with Crippen molar-refractivity contribution in [2.24, 2.45) is 0 Å². The first-order valence-corrected chi connectivity index (χ1v) is 8.88. The predicted octanol–water partition coefficient (Wildman–Crippen LogP) is 3.97. The Morgan fingerprint density at radius 3 is 2.74 bits per heavy atom. The first-order chi connectivity index (χ1) is 12.8. The summed E-state index contributed by atoms with van der Waals surface area (Å²) in [4.78, 5) is 28.7. The molecular weight excluding hydrogens is 391 g/mol. The number of benzene rings is 1. The van der Waals surface area contributed by atoms with Crippen LogP contribution in [0.2, 0.25) is 10.0 Å². The third-order valence-corrected chi connectivity index (χ3v) is 4.27. The molecule has 0 saturated heterocycles. The van der Waals surface area contributed by atoms with E-state index in [9.17, 15) is 9.59 Å². The van der Waals surface area contributed by atoms with Gasteiger partial charge in [-0.3, -0.25) is 9.59 Å². The van der Waals surface area contributed by atoms with Crippen molar-refractivity contribution < 1.29 is 9.32 Å². The number of aromatic nitrogens is 3. The van der Waals surface area contributed by atoms with Crippen LogP contribution in [-0.4, -0.2) is 20.6 Å². The number of amides is 1. The second-order valence-electron chi connectivity index (χ2n) is 6.17. The Morgan fingerprint density at radius 1 is 1.26 bits per heavy atom. The summed E-state index contributed by atoms with van der Waals surface area (Å²) in [5.74, 6) is 0.537. The number of halogens is 2. The van der Waals surface area contributed by atoms with Crippen LogP contribution < -0.4 is 10.9 Å². The second-order valence-corrected chi connectivity index (χ2v) is 7.01. The highest BCUT2D eigenvalue weighted by Crippen LogP contribution is 2.25. The number of hydrogen-bond acceptors (Lipinski definition) is 5. The van der Waals surface area contributed by atoms with E-state index in [4.69, 9.17) is 27.7 Å². The van der Waals surface area contributed by atoms with Crippen LogP contribution >= 0.6 is 23.2 Å². The molecule has 3 rings (SSSR count). The van der Waals surface area contributed by atoms with Gasteiger partial charge in [-0.1, -0.05) is 42.2 Å². The molecule has 0 aliphatic rings. The maximum atomic E-state index is 12.3. The summed E-state index contributed by atoms with van der Waals surface area (Å²) >= 11 is 11.9. The highest BCUT2D eigenvalue weighted by Gasteiger charge is 2.14. The Balaban J connectivity index is 1.81. The fraction of sp³-hybridized carbons (Fsp3) is 0.222. The molecule has 7 nitrogen and oxygen atoms in total. The molecule has 0 atom stereocenters. The zero-order valence-electron chi connectivity index (χ0n) is 14.6. The lowest BCUT2D eigenvalue weighted by molar-refractivity contribution is -0.116. The van der Waals surface area contributed by atoms with Gasteiger partial charge in [-0.2, -0.15) is 4.98 Å². The van der Waals surface area contributed by atoms with E-state index in [-0.39, 0.29) is 23.9 Å². The molecule has 140 valence electrons. The lowest BCUT2D eigenvalue weighted by atomic mass is 10.2. The highest BCUT2D eigenvalue weighted by molar-refractivity contribution is 6.35. The van der Waals surface area contributed by atoms with Gasteiger partial charge in [0.2, 0.25) is 5.91 Å². The maximum absolute atomic E-state index is 12.3. The van der Waals surface area contributed by atoms with Gasteiger partial charge in [0, 0.05) is 23.2 Å². The van der Waals surface area contributed by atoms with Crippen molar-refractivity contribution in [1.29, 1.82) is 0 Å². The van der Waals surface area contributed by atoms with E-state index in [1.165, 1.54) is 22.9 Å². The smallest absolute Gasteiger partial charge is 0.259 e. The molecule has 1 N–H and O–H groups in total. The number of nitrogens with one attached hydrogen (secondary N) is 1. The Morgan fingerprint density at radius 2 is 2.04 bits per heavy atom. The Kier molecular flexibility index (Phi) is 5.62. The van der Waals surface area contributed by atoms with Gasteiger partial charge in [0.05, 0.1) is 16.3 Å². The first-order valence-electron chi connectivity index (χ1n) is 8.13. The van der Waals surface area contributed by atoms with E-state index >= 15 is 0 Å². The molecular formula is C18H16Cl2N4O3. The summed E-state index contributed by atoms with van der Waals surface area (Å²) < 4.78 is 6.48. The van der Waals surface area contributed by atoms with Crippen molar-refractivity contribution in [3.05, 3.63) is 62.8 Å². The highest BCUT2D eigenvalue weighted by atomic mass is 35.5. The summed E-state index contributed by atoms with van der Waals surface area (Å²) in [6.45, 7) is 3.68. The van der Waals surface area contributed by atoms with Crippen LogP contribution in [0.1, 0.15) is 25.6 Å². The van der Waals surface area contributed by atoms with Crippen LogP contribution in [-0.2, 0) is 11.3 Å². The molecule has 3 aromatic rings. The lowest BCUT2D eigenvalue weighted by Crippen LogP contribution is -2.27. The van der Waals surface area contributed by atoms with Crippen molar-refractivity contribution in [2.75, 3.05) is 5.32 Å². The number of anilines is 1. The van der Waals surface area contributed by atoms with Crippen molar-refractivity contribution >= 4 is 34.8 Å². The Labute approximate surface area is 164 Å². The van der Waals surface area contributed by atoms with Crippen molar-refractivity contribution in [1.82, 2.24) is 14.7 Å². The molecule has 0 spiro atoms.